The summed E-state index contributed by atoms with van der Waals surface area (Å²) in [6.45, 7) is 1.95. The van der Waals surface area contributed by atoms with Crippen LogP contribution in [-0.2, 0) is 16.9 Å². The molecule has 1 atom stereocenters. The van der Waals surface area contributed by atoms with Crippen LogP contribution in [0.5, 0.6) is 0 Å². The van der Waals surface area contributed by atoms with Gasteiger partial charge in [0.2, 0.25) is 5.89 Å². The Kier molecular flexibility index (Phi) is 5.11. The molecule has 148 valence electrons. The molecule has 1 aliphatic rings. The summed E-state index contributed by atoms with van der Waals surface area (Å²) in [4.78, 5) is 31.4. The number of nitrogens with one attached hydrogen (secondary N) is 1. The summed E-state index contributed by atoms with van der Waals surface area (Å²) >= 11 is 5.92. The van der Waals surface area contributed by atoms with Crippen molar-refractivity contribution in [2.45, 2.75) is 31.8 Å². The number of imide groups is 1. The van der Waals surface area contributed by atoms with Gasteiger partial charge in [0, 0.05) is 10.6 Å². The lowest BCUT2D eigenvalue weighted by molar-refractivity contribution is -0.132. The van der Waals surface area contributed by atoms with E-state index in [1.54, 1.807) is 18.3 Å². The van der Waals surface area contributed by atoms with Crippen molar-refractivity contribution in [2.75, 3.05) is 0 Å². The molecule has 1 unspecified atom stereocenters. The van der Waals surface area contributed by atoms with Crippen LogP contribution in [0.3, 0.4) is 0 Å². The molecule has 6 nitrogen and oxygen atoms in total. The van der Waals surface area contributed by atoms with E-state index >= 15 is 0 Å². The molecule has 4 rings (SSSR count). The normalized spacial score (nSPS) is 18.9. The van der Waals surface area contributed by atoms with Gasteiger partial charge in [-0.3, -0.25) is 9.69 Å². The molecule has 1 saturated heterocycles. The van der Waals surface area contributed by atoms with Crippen LogP contribution in [0.4, 0.5) is 4.79 Å². The van der Waals surface area contributed by atoms with Crippen LogP contribution in [0.25, 0.3) is 11.3 Å². The van der Waals surface area contributed by atoms with Crippen molar-refractivity contribution < 1.29 is 14.0 Å². The monoisotopic (exact) mass is 409 g/mol. The Balaban J connectivity index is 1.59. The first-order valence-electron chi connectivity index (χ1n) is 9.44. The zero-order chi connectivity index (χ0) is 20.4. The standard InChI is InChI=1S/C22H20ClN3O3/c1-2-12-22(16-6-4-3-5-7-16)20(27)26(21(28)25-22)14-19-24-13-18(29-19)15-8-10-17(23)11-9-15/h3-11,13H,2,12,14H2,1H3,(H,25,28). The second-order valence-electron chi connectivity index (χ2n) is 6.97. The highest BCUT2D eigenvalue weighted by Crippen LogP contribution is 2.34. The molecule has 7 heteroatoms. The van der Waals surface area contributed by atoms with Crippen LogP contribution in [0.1, 0.15) is 31.2 Å². The number of oxazole rings is 1. The third kappa shape index (κ3) is 3.51. The quantitative estimate of drug-likeness (QED) is 0.596. The maximum Gasteiger partial charge on any atom is 0.325 e. The highest BCUT2D eigenvalue weighted by atomic mass is 35.5. The lowest BCUT2D eigenvalue weighted by Gasteiger charge is -2.26. The Morgan fingerprint density at radius 3 is 2.52 bits per heavy atom. The molecule has 0 aliphatic carbocycles. The number of carbonyl (C=O) groups is 2. The van der Waals surface area contributed by atoms with Gasteiger partial charge in [0.05, 0.1) is 6.20 Å². The average Bonchev–Trinajstić information content (AvgIpc) is 3.29. The van der Waals surface area contributed by atoms with Crippen molar-refractivity contribution in [1.29, 1.82) is 0 Å². The average molecular weight is 410 g/mol. The van der Waals surface area contributed by atoms with Gasteiger partial charge < -0.3 is 9.73 Å². The van der Waals surface area contributed by atoms with Crippen LogP contribution < -0.4 is 5.32 Å². The second-order valence-corrected chi connectivity index (χ2v) is 7.40. The number of nitrogens with zero attached hydrogens (tertiary/aromatic N) is 2. The molecule has 3 aromatic rings. The molecule has 0 bridgehead atoms. The number of urea groups is 1. The summed E-state index contributed by atoms with van der Waals surface area (Å²) < 4.78 is 5.77. The largest absolute Gasteiger partial charge is 0.439 e. The third-order valence-electron chi connectivity index (χ3n) is 5.04. The van der Waals surface area contributed by atoms with E-state index in [0.717, 1.165) is 17.5 Å². The Labute approximate surface area is 173 Å². The van der Waals surface area contributed by atoms with E-state index in [1.807, 2.05) is 49.4 Å². The zero-order valence-electron chi connectivity index (χ0n) is 15.9. The maximum atomic E-state index is 13.3. The van der Waals surface area contributed by atoms with Crippen molar-refractivity contribution >= 4 is 23.5 Å². The maximum absolute atomic E-state index is 13.3. The van der Waals surface area contributed by atoms with E-state index < -0.39 is 11.6 Å². The Bertz CT molecular complexity index is 1030. The third-order valence-corrected chi connectivity index (χ3v) is 5.29. The number of carbonyl (C=O) groups excluding carboxylic acids is 2. The Morgan fingerprint density at radius 2 is 1.83 bits per heavy atom. The van der Waals surface area contributed by atoms with E-state index in [1.165, 1.54) is 4.90 Å². The van der Waals surface area contributed by atoms with Gasteiger partial charge in [0.25, 0.3) is 5.91 Å². The molecular weight excluding hydrogens is 390 g/mol. The molecule has 29 heavy (non-hydrogen) atoms. The van der Waals surface area contributed by atoms with Gasteiger partial charge in [0.15, 0.2) is 5.76 Å². The van der Waals surface area contributed by atoms with E-state index in [0.29, 0.717) is 23.1 Å². The molecular formula is C22H20ClN3O3. The van der Waals surface area contributed by atoms with Crippen molar-refractivity contribution in [3.8, 4) is 11.3 Å². The zero-order valence-corrected chi connectivity index (χ0v) is 16.6. The van der Waals surface area contributed by atoms with Gasteiger partial charge in [-0.15, -0.1) is 0 Å². The van der Waals surface area contributed by atoms with E-state index in [-0.39, 0.29) is 12.5 Å². The summed E-state index contributed by atoms with van der Waals surface area (Å²) in [5.41, 5.74) is 0.533. The molecule has 0 radical (unpaired) electrons. The van der Waals surface area contributed by atoms with Crippen LogP contribution in [0, 0.1) is 0 Å². The van der Waals surface area contributed by atoms with Crippen molar-refractivity contribution in [2.24, 2.45) is 0 Å². The van der Waals surface area contributed by atoms with Gasteiger partial charge in [0.1, 0.15) is 12.1 Å². The number of rotatable bonds is 6. The number of amides is 3. The number of aromatic nitrogens is 1. The van der Waals surface area contributed by atoms with Crippen LogP contribution in [0.15, 0.2) is 65.2 Å². The smallest absolute Gasteiger partial charge is 0.325 e. The fourth-order valence-corrected chi connectivity index (χ4v) is 3.77. The minimum absolute atomic E-state index is 0.0312. The number of hydrogen-bond acceptors (Lipinski definition) is 4. The highest BCUT2D eigenvalue weighted by molar-refractivity contribution is 6.30. The van der Waals surface area contributed by atoms with E-state index in [2.05, 4.69) is 10.3 Å². The molecule has 1 aromatic heterocycles. The van der Waals surface area contributed by atoms with Gasteiger partial charge >= 0.3 is 6.03 Å². The van der Waals surface area contributed by atoms with Gasteiger partial charge in [-0.1, -0.05) is 55.3 Å². The first-order valence-corrected chi connectivity index (χ1v) is 9.81. The summed E-state index contributed by atoms with van der Waals surface area (Å²) in [5, 5.41) is 3.53. The fraction of sp³-hybridized carbons (Fsp3) is 0.227. The molecule has 0 spiro atoms. The van der Waals surface area contributed by atoms with Crippen molar-refractivity contribution in [3.05, 3.63) is 77.3 Å². The van der Waals surface area contributed by atoms with Gasteiger partial charge in [-0.25, -0.2) is 9.78 Å². The lowest BCUT2D eigenvalue weighted by atomic mass is 9.85. The predicted octanol–water partition coefficient (Wildman–Crippen LogP) is 4.74. The minimum atomic E-state index is -1.06. The second kappa shape index (κ2) is 7.72. The number of benzene rings is 2. The summed E-state index contributed by atoms with van der Waals surface area (Å²) in [6.07, 6.45) is 2.83. The Morgan fingerprint density at radius 1 is 1.10 bits per heavy atom. The molecule has 1 N–H and O–H groups in total. The minimum Gasteiger partial charge on any atom is -0.439 e. The summed E-state index contributed by atoms with van der Waals surface area (Å²) in [7, 11) is 0. The molecule has 2 aromatic carbocycles. The first kappa shape index (κ1) is 19.2. The summed E-state index contributed by atoms with van der Waals surface area (Å²) in [5.74, 6) is 0.548. The lowest BCUT2D eigenvalue weighted by Crippen LogP contribution is -2.43. The van der Waals surface area contributed by atoms with Crippen molar-refractivity contribution in [3.63, 3.8) is 0 Å². The highest BCUT2D eigenvalue weighted by Gasteiger charge is 2.51. The van der Waals surface area contributed by atoms with Crippen LogP contribution >= 0.6 is 11.6 Å². The first-order chi connectivity index (χ1) is 14.0. The van der Waals surface area contributed by atoms with E-state index in [9.17, 15) is 9.59 Å². The number of hydrogen-bond donors (Lipinski definition) is 1. The topological polar surface area (TPSA) is 75.4 Å². The Hall–Kier alpha value is -3.12. The van der Waals surface area contributed by atoms with Crippen molar-refractivity contribution in [1.82, 2.24) is 15.2 Å². The molecule has 1 aliphatic heterocycles. The predicted molar refractivity (Wildman–Crippen MR) is 109 cm³/mol. The molecule has 0 saturated carbocycles. The number of halogens is 1. The van der Waals surface area contributed by atoms with Gasteiger partial charge in [-0.05, 0) is 36.2 Å². The van der Waals surface area contributed by atoms with Gasteiger partial charge in [-0.2, -0.15) is 0 Å². The van der Waals surface area contributed by atoms with Crippen LogP contribution in [-0.4, -0.2) is 21.8 Å². The van der Waals surface area contributed by atoms with E-state index in [4.69, 9.17) is 16.0 Å². The molecule has 2 heterocycles. The fourth-order valence-electron chi connectivity index (χ4n) is 3.64. The van der Waals surface area contributed by atoms with Crippen LogP contribution in [0.2, 0.25) is 5.02 Å². The SMILES string of the molecule is CCCC1(c2ccccc2)NC(=O)N(Cc2ncc(-c3ccc(Cl)cc3)o2)C1=O. The molecule has 3 amide bonds. The molecule has 1 fully saturated rings. The summed E-state index contributed by atoms with van der Waals surface area (Å²) in [6, 6.07) is 16.0.